The van der Waals surface area contributed by atoms with Crippen molar-refractivity contribution < 1.29 is 19.2 Å². The van der Waals surface area contributed by atoms with Gasteiger partial charge in [-0.1, -0.05) is 36.4 Å². The molecule has 3 aliphatic heterocycles. The van der Waals surface area contributed by atoms with Crippen molar-refractivity contribution in [1.29, 1.82) is 0 Å². The highest BCUT2D eigenvalue weighted by Crippen LogP contribution is 2.54. The minimum absolute atomic E-state index is 0.103. The lowest BCUT2D eigenvalue weighted by atomic mass is 9.76. The standard InChI is InChI=1S/C31H26N4O4/c1-16-6-5-8-22-27(16)33-30(39)31(22)26-25(24(34-31)14-19-15-32-23-9-4-3-7-21(19)23)28(37)35(29(26)38)20-12-10-18(11-13-20)17(2)36/h3-13,15,24-26,32,34H,14H2,1-2H3,(H,33,39)/t24-,25+,26-,31-/m0/s1. The molecule has 4 aromatic rings. The molecule has 3 amide bonds. The van der Waals surface area contributed by atoms with Crippen LogP contribution in [0.1, 0.15) is 34.0 Å². The fourth-order valence-electron chi connectivity index (χ4n) is 6.79. The molecule has 39 heavy (non-hydrogen) atoms. The topological polar surface area (TPSA) is 111 Å². The Balaban J connectivity index is 1.37. The molecule has 8 nitrogen and oxygen atoms in total. The predicted octanol–water partition coefficient (Wildman–Crippen LogP) is 3.85. The summed E-state index contributed by atoms with van der Waals surface area (Å²) in [5.74, 6) is -2.86. The van der Waals surface area contributed by atoms with Crippen molar-refractivity contribution in [3.63, 3.8) is 0 Å². The molecule has 0 aliphatic carbocycles. The van der Waals surface area contributed by atoms with E-state index in [1.807, 2.05) is 55.6 Å². The maximum absolute atomic E-state index is 14.2. The summed E-state index contributed by atoms with van der Waals surface area (Å²) in [5.41, 5.74) is 3.78. The Bertz CT molecular complexity index is 1720. The molecular formula is C31H26N4O4. The number of imide groups is 1. The highest BCUT2D eigenvalue weighted by Gasteiger charge is 2.70. The van der Waals surface area contributed by atoms with Crippen LogP contribution >= 0.6 is 0 Å². The molecule has 4 heterocycles. The molecule has 1 aromatic heterocycles. The molecule has 1 spiro atoms. The maximum atomic E-state index is 14.2. The van der Waals surface area contributed by atoms with E-state index in [1.54, 1.807) is 24.3 Å². The number of carbonyl (C=O) groups is 4. The number of para-hydroxylation sites is 2. The molecule has 0 radical (unpaired) electrons. The van der Waals surface area contributed by atoms with Crippen LogP contribution in [0, 0.1) is 18.8 Å². The number of H-pyrrole nitrogens is 1. The van der Waals surface area contributed by atoms with Crippen LogP contribution < -0.4 is 15.5 Å². The zero-order chi connectivity index (χ0) is 27.1. The number of Topliss-reactive ketones (excluding diaryl/α,β-unsaturated/α-hetero) is 1. The molecule has 8 heteroatoms. The quantitative estimate of drug-likeness (QED) is 0.281. The van der Waals surface area contributed by atoms with Crippen LogP contribution in [0.25, 0.3) is 10.9 Å². The van der Waals surface area contributed by atoms with Crippen LogP contribution in [0.15, 0.2) is 72.9 Å². The van der Waals surface area contributed by atoms with Crippen LogP contribution in [0.2, 0.25) is 0 Å². The van der Waals surface area contributed by atoms with Gasteiger partial charge < -0.3 is 10.3 Å². The van der Waals surface area contributed by atoms with Gasteiger partial charge in [-0.15, -0.1) is 0 Å². The van der Waals surface area contributed by atoms with E-state index in [0.717, 1.165) is 22.0 Å². The average molecular weight is 519 g/mol. The summed E-state index contributed by atoms with van der Waals surface area (Å²) in [5, 5.41) is 7.56. The Morgan fingerprint density at radius 3 is 2.49 bits per heavy atom. The number of amides is 3. The molecule has 0 unspecified atom stereocenters. The van der Waals surface area contributed by atoms with Crippen molar-refractivity contribution >= 4 is 45.8 Å². The lowest BCUT2D eigenvalue weighted by molar-refractivity contribution is -0.130. The number of nitrogens with zero attached hydrogens (tertiary/aromatic N) is 1. The number of carbonyl (C=O) groups excluding carboxylic acids is 4. The van der Waals surface area contributed by atoms with Crippen LogP contribution in [0.4, 0.5) is 11.4 Å². The van der Waals surface area contributed by atoms with E-state index in [1.165, 1.54) is 11.8 Å². The predicted molar refractivity (Wildman–Crippen MR) is 146 cm³/mol. The van der Waals surface area contributed by atoms with E-state index in [4.69, 9.17) is 0 Å². The van der Waals surface area contributed by atoms with E-state index in [0.29, 0.717) is 28.9 Å². The first-order valence-electron chi connectivity index (χ1n) is 13.0. The van der Waals surface area contributed by atoms with Gasteiger partial charge in [-0.2, -0.15) is 0 Å². The number of nitrogens with one attached hydrogen (secondary N) is 3. The molecule has 0 bridgehead atoms. The third-order valence-corrected chi connectivity index (χ3v) is 8.61. The highest BCUT2D eigenvalue weighted by molar-refractivity contribution is 6.26. The van der Waals surface area contributed by atoms with Crippen LogP contribution in [0.3, 0.4) is 0 Å². The van der Waals surface area contributed by atoms with Crippen molar-refractivity contribution in [1.82, 2.24) is 10.3 Å². The van der Waals surface area contributed by atoms with Crippen molar-refractivity contribution in [2.45, 2.75) is 31.8 Å². The number of rotatable bonds is 4. The minimum Gasteiger partial charge on any atom is -0.361 e. The van der Waals surface area contributed by atoms with Gasteiger partial charge in [-0.05, 0) is 61.7 Å². The van der Waals surface area contributed by atoms with E-state index < -0.39 is 29.3 Å². The van der Waals surface area contributed by atoms with Crippen LogP contribution in [0.5, 0.6) is 0 Å². The molecule has 7 rings (SSSR count). The molecule has 2 saturated heterocycles. The first-order chi connectivity index (χ1) is 18.8. The summed E-state index contributed by atoms with van der Waals surface area (Å²) in [7, 11) is 0. The minimum atomic E-state index is -1.37. The Morgan fingerprint density at radius 2 is 1.72 bits per heavy atom. The number of fused-ring (bicyclic) bond motifs is 5. The van der Waals surface area contributed by atoms with Gasteiger partial charge in [0.05, 0.1) is 17.5 Å². The van der Waals surface area contributed by atoms with Crippen molar-refractivity contribution in [2.75, 3.05) is 10.2 Å². The summed E-state index contributed by atoms with van der Waals surface area (Å²) in [4.78, 5) is 58.4. The van der Waals surface area contributed by atoms with Crippen LogP contribution in [-0.2, 0) is 26.3 Å². The van der Waals surface area contributed by atoms with Crippen molar-refractivity contribution in [2.24, 2.45) is 11.8 Å². The zero-order valence-electron chi connectivity index (χ0n) is 21.4. The smallest absolute Gasteiger partial charge is 0.250 e. The molecule has 2 fully saturated rings. The van der Waals surface area contributed by atoms with Gasteiger partial charge in [-0.25, -0.2) is 4.90 Å². The number of anilines is 2. The van der Waals surface area contributed by atoms with E-state index >= 15 is 0 Å². The van der Waals surface area contributed by atoms with Gasteiger partial charge in [0, 0.05) is 40.0 Å². The number of benzene rings is 3. The summed E-state index contributed by atoms with van der Waals surface area (Å²) in [6.07, 6.45) is 2.39. The van der Waals surface area contributed by atoms with E-state index in [2.05, 4.69) is 15.6 Å². The molecule has 194 valence electrons. The lowest BCUT2D eigenvalue weighted by Crippen LogP contribution is -2.53. The second kappa shape index (κ2) is 8.22. The highest BCUT2D eigenvalue weighted by atomic mass is 16.2. The second-order valence-corrected chi connectivity index (χ2v) is 10.7. The Labute approximate surface area is 224 Å². The van der Waals surface area contributed by atoms with Gasteiger partial charge >= 0.3 is 0 Å². The summed E-state index contributed by atoms with van der Waals surface area (Å²) < 4.78 is 0. The lowest BCUT2D eigenvalue weighted by Gasteiger charge is -2.29. The van der Waals surface area contributed by atoms with Gasteiger partial charge in [0.2, 0.25) is 17.7 Å². The summed E-state index contributed by atoms with van der Waals surface area (Å²) in [6, 6.07) is 19.6. The summed E-state index contributed by atoms with van der Waals surface area (Å²) >= 11 is 0. The first-order valence-corrected chi connectivity index (χ1v) is 13.0. The Morgan fingerprint density at radius 1 is 0.949 bits per heavy atom. The number of aromatic nitrogens is 1. The number of aryl methyl sites for hydroxylation is 1. The molecule has 0 saturated carbocycles. The molecule has 3 aliphatic rings. The van der Waals surface area contributed by atoms with Gasteiger partial charge in [0.1, 0.15) is 5.54 Å². The number of hydrogen-bond donors (Lipinski definition) is 3. The van der Waals surface area contributed by atoms with E-state index in [-0.39, 0.29) is 17.6 Å². The third-order valence-electron chi connectivity index (χ3n) is 8.61. The zero-order valence-corrected chi connectivity index (χ0v) is 21.4. The van der Waals surface area contributed by atoms with Gasteiger partial charge in [-0.3, -0.25) is 24.5 Å². The normalized spacial score (nSPS) is 25.4. The van der Waals surface area contributed by atoms with E-state index in [9.17, 15) is 19.2 Å². The van der Waals surface area contributed by atoms with Crippen molar-refractivity contribution in [3.05, 3.63) is 95.2 Å². The number of hydrogen-bond acceptors (Lipinski definition) is 5. The monoisotopic (exact) mass is 518 g/mol. The van der Waals surface area contributed by atoms with Crippen molar-refractivity contribution in [3.8, 4) is 0 Å². The van der Waals surface area contributed by atoms with Crippen LogP contribution in [-0.4, -0.2) is 34.5 Å². The molecule has 3 N–H and O–H groups in total. The fourth-order valence-corrected chi connectivity index (χ4v) is 6.79. The fraction of sp³-hybridized carbons (Fsp3) is 0.226. The average Bonchev–Trinajstić information content (AvgIpc) is 3.64. The molecule has 4 atom stereocenters. The third kappa shape index (κ3) is 3.15. The van der Waals surface area contributed by atoms with Gasteiger partial charge in [0.15, 0.2) is 5.78 Å². The maximum Gasteiger partial charge on any atom is 0.250 e. The molecule has 3 aromatic carbocycles. The number of aromatic amines is 1. The Kier molecular flexibility index (Phi) is 4.96. The first kappa shape index (κ1) is 23.5. The number of ketones is 1. The largest absolute Gasteiger partial charge is 0.361 e. The Hall–Kier alpha value is -4.56. The SMILES string of the molecule is CC(=O)c1ccc(N2C(=O)[C@@H]3[C@H](Cc4c[nH]c5ccccc45)N[C@]4(C(=O)Nc5c(C)cccc54)[C@@H]3C2=O)cc1. The summed E-state index contributed by atoms with van der Waals surface area (Å²) in [6.45, 7) is 3.38. The van der Waals surface area contributed by atoms with Gasteiger partial charge in [0.25, 0.3) is 0 Å². The molecular weight excluding hydrogens is 492 g/mol. The second-order valence-electron chi connectivity index (χ2n) is 10.7.